The average molecular weight is 223 g/mol. The van der Waals surface area contributed by atoms with E-state index in [0.29, 0.717) is 6.42 Å². The topological polar surface area (TPSA) is 50.9 Å². The van der Waals surface area contributed by atoms with Gasteiger partial charge in [-0.25, -0.2) is 0 Å². The summed E-state index contributed by atoms with van der Waals surface area (Å²) >= 11 is 1.56. The Kier molecular flexibility index (Phi) is 2.83. The minimum absolute atomic E-state index is 0.487. The molecule has 0 fully saturated rings. The summed E-state index contributed by atoms with van der Waals surface area (Å²) in [4.78, 5) is 5.07. The lowest BCUT2D eigenvalue weighted by Gasteiger charge is -2.06. The van der Waals surface area contributed by atoms with E-state index in [-0.39, 0.29) is 0 Å². The molecule has 2 rings (SSSR count). The molecule has 1 unspecified atom stereocenters. The zero-order chi connectivity index (χ0) is 10.8. The first-order valence-corrected chi connectivity index (χ1v) is 5.60. The third-order valence-corrected chi connectivity index (χ3v) is 3.09. The number of rotatable bonds is 3. The molecule has 80 valence electrons. The van der Waals surface area contributed by atoms with Gasteiger partial charge in [0.25, 0.3) is 0 Å². The molecule has 0 aromatic carbocycles. The molecule has 0 spiro atoms. The number of nitrogens with zero attached hydrogens (tertiary/aromatic N) is 3. The lowest BCUT2D eigenvalue weighted by atomic mass is 10.1. The Morgan fingerprint density at radius 1 is 1.60 bits per heavy atom. The lowest BCUT2D eigenvalue weighted by molar-refractivity contribution is 0.178. The number of aliphatic hydroxyl groups excluding tert-OH is 1. The second kappa shape index (κ2) is 4.12. The highest BCUT2D eigenvalue weighted by Crippen LogP contribution is 2.21. The summed E-state index contributed by atoms with van der Waals surface area (Å²) in [5.74, 6) is 0. The summed E-state index contributed by atoms with van der Waals surface area (Å²) in [7, 11) is 1.86. The average Bonchev–Trinajstić information content (AvgIpc) is 2.75. The van der Waals surface area contributed by atoms with Crippen molar-refractivity contribution in [2.24, 2.45) is 7.05 Å². The number of aromatic nitrogens is 3. The SMILES string of the molecule is Cc1nn(C)cc1C(O)Cc1cncs1. The van der Waals surface area contributed by atoms with Crippen LogP contribution in [0.2, 0.25) is 0 Å². The number of aliphatic hydroxyl groups is 1. The van der Waals surface area contributed by atoms with Crippen molar-refractivity contribution >= 4 is 11.3 Å². The van der Waals surface area contributed by atoms with Gasteiger partial charge in [0, 0.05) is 36.3 Å². The third-order valence-electron chi connectivity index (χ3n) is 2.29. The van der Waals surface area contributed by atoms with Crippen LogP contribution in [-0.4, -0.2) is 19.9 Å². The van der Waals surface area contributed by atoms with Gasteiger partial charge >= 0.3 is 0 Å². The fourth-order valence-electron chi connectivity index (χ4n) is 1.59. The van der Waals surface area contributed by atoms with Gasteiger partial charge in [-0.2, -0.15) is 5.10 Å². The Morgan fingerprint density at radius 2 is 2.40 bits per heavy atom. The van der Waals surface area contributed by atoms with Crippen LogP contribution in [0.3, 0.4) is 0 Å². The quantitative estimate of drug-likeness (QED) is 0.857. The smallest absolute Gasteiger partial charge is 0.0871 e. The van der Waals surface area contributed by atoms with E-state index in [1.165, 1.54) is 0 Å². The van der Waals surface area contributed by atoms with E-state index in [4.69, 9.17) is 0 Å². The van der Waals surface area contributed by atoms with E-state index in [2.05, 4.69) is 10.1 Å². The summed E-state index contributed by atoms with van der Waals surface area (Å²) in [6, 6.07) is 0. The van der Waals surface area contributed by atoms with Gasteiger partial charge in [-0.1, -0.05) is 0 Å². The summed E-state index contributed by atoms with van der Waals surface area (Å²) in [6.07, 6.45) is 3.77. The first-order valence-electron chi connectivity index (χ1n) is 4.72. The maximum Gasteiger partial charge on any atom is 0.0871 e. The number of aryl methyl sites for hydroxylation is 2. The monoisotopic (exact) mass is 223 g/mol. The fraction of sp³-hybridized carbons (Fsp3) is 0.400. The van der Waals surface area contributed by atoms with Crippen LogP contribution in [0.5, 0.6) is 0 Å². The molecule has 0 bridgehead atoms. The van der Waals surface area contributed by atoms with Crippen LogP contribution in [-0.2, 0) is 13.5 Å². The molecule has 0 radical (unpaired) electrons. The van der Waals surface area contributed by atoms with Crippen molar-refractivity contribution in [2.75, 3.05) is 0 Å². The van der Waals surface area contributed by atoms with Crippen LogP contribution >= 0.6 is 11.3 Å². The van der Waals surface area contributed by atoms with Gasteiger partial charge < -0.3 is 5.11 Å². The van der Waals surface area contributed by atoms with E-state index < -0.39 is 6.10 Å². The Morgan fingerprint density at radius 3 is 2.93 bits per heavy atom. The molecule has 2 aromatic rings. The maximum absolute atomic E-state index is 10.0. The molecule has 1 N–H and O–H groups in total. The van der Waals surface area contributed by atoms with Crippen LogP contribution < -0.4 is 0 Å². The third kappa shape index (κ3) is 2.24. The maximum atomic E-state index is 10.0. The molecule has 2 aromatic heterocycles. The predicted molar refractivity (Wildman–Crippen MR) is 58.7 cm³/mol. The standard InChI is InChI=1S/C10H13N3OS/c1-7-9(5-13(2)12-7)10(14)3-8-4-11-6-15-8/h4-6,10,14H,3H2,1-2H3. The van der Waals surface area contributed by atoms with E-state index in [0.717, 1.165) is 16.1 Å². The van der Waals surface area contributed by atoms with Crippen LogP contribution in [0.15, 0.2) is 17.9 Å². The van der Waals surface area contributed by atoms with E-state index in [1.54, 1.807) is 27.7 Å². The second-order valence-electron chi connectivity index (χ2n) is 3.53. The first kappa shape index (κ1) is 10.3. The van der Waals surface area contributed by atoms with Crippen LogP contribution in [0, 0.1) is 6.92 Å². The number of hydrogen-bond acceptors (Lipinski definition) is 4. The zero-order valence-corrected chi connectivity index (χ0v) is 9.53. The van der Waals surface area contributed by atoms with Crippen molar-refractivity contribution in [2.45, 2.75) is 19.4 Å². The Bertz CT molecular complexity index is 435. The molecule has 15 heavy (non-hydrogen) atoms. The van der Waals surface area contributed by atoms with Crippen molar-refractivity contribution in [3.63, 3.8) is 0 Å². The molecule has 2 heterocycles. The van der Waals surface area contributed by atoms with E-state index in [9.17, 15) is 5.11 Å². The van der Waals surface area contributed by atoms with Crippen molar-refractivity contribution in [1.29, 1.82) is 0 Å². The van der Waals surface area contributed by atoms with E-state index in [1.807, 2.05) is 20.2 Å². The molecule has 0 aliphatic heterocycles. The van der Waals surface area contributed by atoms with Gasteiger partial charge in [-0.3, -0.25) is 9.67 Å². The van der Waals surface area contributed by atoms with Crippen molar-refractivity contribution in [1.82, 2.24) is 14.8 Å². The Balaban J connectivity index is 2.14. The summed E-state index contributed by atoms with van der Waals surface area (Å²) in [6.45, 7) is 1.91. The number of thiazole rings is 1. The molecular formula is C10H13N3OS. The first-order chi connectivity index (χ1) is 7.16. The number of hydrogen-bond donors (Lipinski definition) is 1. The minimum Gasteiger partial charge on any atom is -0.388 e. The molecule has 5 heteroatoms. The van der Waals surface area contributed by atoms with Crippen LogP contribution in [0.1, 0.15) is 22.2 Å². The second-order valence-corrected chi connectivity index (χ2v) is 4.50. The summed E-state index contributed by atoms with van der Waals surface area (Å²) in [5, 5.41) is 14.2. The Hall–Kier alpha value is -1.20. The van der Waals surface area contributed by atoms with Gasteiger partial charge in [0.2, 0.25) is 0 Å². The normalized spacial score (nSPS) is 13.0. The highest BCUT2D eigenvalue weighted by atomic mass is 32.1. The molecule has 1 atom stereocenters. The van der Waals surface area contributed by atoms with Gasteiger partial charge in [0.05, 0.1) is 17.3 Å². The molecule has 4 nitrogen and oxygen atoms in total. The summed E-state index contributed by atoms with van der Waals surface area (Å²) in [5.41, 5.74) is 3.55. The predicted octanol–water partition coefficient (Wildman–Crippen LogP) is 1.46. The highest BCUT2D eigenvalue weighted by molar-refractivity contribution is 7.09. The van der Waals surface area contributed by atoms with Gasteiger partial charge in [-0.05, 0) is 6.92 Å². The van der Waals surface area contributed by atoms with Crippen molar-refractivity contribution < 1.29 is 5.11 Å². The molecule has 0 aliphatic rings. The molecule has 0 amide bonds. The van der Waals surface area contributed by atoms with E-state index >= 15 is 0 Å². The van der Waals surface area contributed by atoms with Crippen LogP contribution in [0.4, 0.5) is 0 Å². The van der Waals surface area contributed by atoms with Crippen molar-refractivity contribution in [3.05, 3.63) is 34.0 Å². The van der Waals surface area contributed by atoms with Crippen molar-refractivity contribution in [3.8, 4) is 0 Å². The highest BCUT2D eigenvalue weighted by Gasteiger charge is 2.14. The van der Waals surface area contributed by atoms with Gasteiger partial charge in [0.15, 0.2) is 0 Å². The molecule has 0 saturated heterocycles. The van der Waals surface area contributed by atoms with Gasteiger partial charge in [0.1, 0.15) is 0 Å². The van der Waals surface area contributed by atoms with Gasteiger partial charge in [-0.15, -0.1) is 11.3 Å². The minimum atomic E-state index is -0.487. The largest absolute Gasteiger partial charge is 0.388 e. The lowest BCUT2D eigenvalue weighted by Crippen LogP contribution is -2.01. The van der Waals surface area contributed by atoms with Crippen LogP contribution in [0.25, 0.3) is 0 Å². The summed E-state index contributed by atoms with van der Waals surface area (Å²) < 4.78 is 1.72. The molecule has 0 aliphatic carbocycles. The zero-order valence-electron chi connectivity index (χ0n) is 8.71. The molecular weight excluding hydrogens is 210 g/mol. The Labute approximate surface area is 92.2 Å². The fourth-order valence-corrected chi connectivity index (χ4v) is 2.22. The molecule has 0 saturated carbocycles.